The van der Waals surface area contributed by atoms with E-state index in [4.69, 9.17) is 9.40 Å². The van der Waals surface area contributed by atoms with Gasteiger partial charge in [-0.05, 0) is 88.3 Å². The zero-order chi connectivity index (χ0) is 38.6. The van der Waals surface area contributed by atoms with Gasteiger partial charge in [0.15, 0.2) is 5.58 Å². The zero-order valence-electron chi connectivity index (χ0n) is 31.8. The van der Waals surface area contributed by atoms with Crippen LogP contribution in [-0.4, -0.2) is 14.1 Å². The lowest BCUT2D eigenvalue weighted by Crippen LogP contribution is -1.97. The molecule has 0 fully saturated rings. The van der Waals surface area contributed by atoms with E-state index in [9.17, 15) is 0 Å². The highest BCUT2D eigenvalue weighted by Gasteiger charge is 2.22. The maximum atomic E-state index is 6.68. The minimum atomic E-state index is 0.792. The Balaban J connectivity index is 1.03. The van der Waals surface area contributed by atoms with Crippen molar-refractivity contribution in [2.75, 3.05) is 0 Å². The number of furan rings is 1. The molecule has 13 rings (SSSR count). The molecule has 13 aromatic rings. The van der Waals surface area contributed by atoms with Gasteiger partial charge in [-0.15, -0.1) is 0 Å². The lowest BCUT2D eigenvalue weighted by atomic mass is 10.00. The van der Waals surface area contributed by atoms with Crippen molar-refractivity contribution in [3.8, 4) is 33.6 Å². The van der Waals surface area contributed by atoms with E-state index in [0.29, 0.717) is 0 Å². The molecule has 4 nitrogen and oxygen atoms in total. The summed E-state index contributed by atoms with van der Waals surface area (Å²) in [5, 5.41) is 9.40. The third kappa shape index (κ3) is 4.69. The normalized spacial score (nSPS) is 12.1. The Bertz CT molecular complexity index is 3830. The molecule has 4 aromatic heterocycles. The number of rotatable bonds is 4. The van der Waals surface area contributed by atoms with Crippen LogP contribution in [0.4, 0.5) is 0 Å². The van der Waals surface area contributed by atoms with Crippen LogP contribution >= 0.6 is 0 Å². The largest absolute Gasteiger partial charge is 0.452 e. The molecular formula is C55H33N3O. The van der Waals surface area contributed by atoms with Crippen LogP contribution in [0.2, 0.25) is 0 Å². The maximum Gasteiger partial charge on any atom is 0.178 e. The quantitative estimate of drug-likeness (QED) is 0.180. The molecule has 0 aliphatic rings. The predicted molar refractivity (Wildman–Crippen MR) is 246 cm³/mol. The van der Waals surface area contributed by atoms with Gasteiger partial charge in [-0.25, -0.2) is 4.98 Å². The number of benzene rings is 9. The summed E-state index contributed by atoms with van der Waals surface area (Å²) in [5.41, 5.74) is 15.0. The first-order valence-corrected chi connectivity index (χ1v) is 20.1. The standard InChI is InChI=1S/C55H33N3O/c1-2-12-34(13-3-1)35-22-27-39(28-23-35)57-49-30-25-38(33-46(49)42-29-24-36-14-4-5-15-40(36)53(42)57)37-26-31-50-45(32-37)41-16-7-10-20-48(41)58(50)54-43-17-6-9-19-47(43)56-52-44-18-8-11-21-51(44)59-55(52)54/h1-33H. The molecular weight excluding hydrogens is 719 g/mol. The minimum absolute atomic E-state index is 0.792. The van der Waals surface area contributed by atoms with E-state index in [0.717, 1.165) is 55.4 Å². The van der Waals surface area contributed by atoms with Crippen molar-refractivity contribution in [1.29, 1.82) is 0 Å². The van der Waals surface area contributed by atoms with Gasteiger partial charge in [0.2, 0.25) is 0 Å². The zero-order valence-corrected chi connectivity index (χ0v) is 31.8. The maximum absolute atomic E-state index is 6.68. The van der Waals surface area contributed by atoms with Crippen LogP contribution in [0.25, 0.3) is 121 Å². The fraction of sp³-hybridized carbons (Fsp3) is 0. The second-order valence-electron chi connectivity index (χ2n) is 15.5. The van der Waals surface area contributed by atoms with Crippen LogP contribution < -0.4 is 0 Å². The Kier molecular flexibility index (Phi) is 6.69. The summed E-state index contributed by atoms with van der Waals surface area (Å²) < 4.78 is 11.5. The molecule has 0 N–H and O–H groups in total. The van der Waals surface area contributed by atoms with Gasteiger partial charge in [0, 0.05) is 43.4 Å². The second-order valence-corrected chi connectivity index (χ2v) is 15.5. The Hall–Kier alpha value is -7.95. The fourth-order valence-electron chi connectivity index (χ4n) is 9.59. The van der Waals surface area contributed by atoms with Gasteiger partial charge in [-0.2, -0.15) is 0 Å². The summed E-state index contributed by atoms with van der Waals surface area (Å²) in [4.78, 5) is 5.14. The molecule has 4 heteroatoms. The minimum Gasteiger partial charge on any atom is -0.452 e. The van der Waals surface area contributed by atoms with E-state index in [2.05, 4.69) is 197 Å². The molecule has 0 aliphatic heterocycles. The predicted octanol–water partition coefficient (Wildman–Crippen LogP) is 14.8. The van der Waals surface area contributed by atoms with E-state index in [-0.39, 0.29) is 0 Å². The van der Waals surface area contributed by atoms with Crippen LogP contribution in [0.15, 0.2) is 205 Å². The highest BCUT2D eigenvalue weighted by molar-refractivity contribution is 6.20. The van der Waals surface area contributed by atoms with Gasteiger partial charge in [0.1, 0.15) is 16.8 Å². The van der Waals surface area contributed by atoms with Gasteiger partial charge in [0.25, 0.3) is 0 Å². The molecule has 0 atom stereocenters. The number of para-hydroxylation sites is 3. The average Bonchev–Trinajstić information content (AvgIpc) is 3.96. The van der Waals surface area contributed by atoms with E-state index < -0.39 is 0 Å². The highest BCUT2D eigenvalue weighted by atomic mass is 16.3. The SMILES string of the molecule is c1ccc(-c2ccc(-n3c4ccc(-c5ccc6c(c5)c5ccccc5n6-c5c6ccccc6nc6c5oc5ccccc56)cc4c4ccc5ccccc5c43)cc2)cc1. The average molecular weight is 752 g/mol. The van der Waals surface area contributed by atoms with Gasteiger partial charge in [-0.3, -0.25) is 0 Å². The van der Waals surface area contributed by atoms with Crippen molar-refractivity contribution >= 4 is 87.4 Å². The van der Waals surface area contributed by atoms with Gasteiger partial charge in [-0.1, -0.05) is 140 Å². The van der Waals surface area contributed by atoms with Gasteiger partial charge in [0.05, 0.1) is 27.6 Å². The molecule has 59 heavy (non-hydrogen) atoms. The first-order valence-electron chi connectivity index (χ1n) is 20.1. The highest BCUT2D eigenvalue weighted by Crippen LogP contribution is 2.43. The van der Waals surface area contributed by atoms with Crippen molar-refractivity contribution in [3.05, 3.63) is 200 Å². The monoisotopic (exact) mass is 751 g/mol. The summed E-state index contributed by atoms with van der Waals surface area (Å²) >= 11 is 0. The first kappa shape index (κ1) is 32.2. The second kappa shape index (κ2) is 12.3. The Morgan fingerprint density at radius 3 is 1.78 bits per heavy atom. The van der Waals surface area contributed by atoms with Crippen LogP contribution in [0.5, 0.6) is 0 Å². The Morgan fingerprint density at radius 1 is 0.373 bits per heavy atom. The van der Waals surface area contributed by atoms with E-state index >= 15 is 0 Å². The summed E-state index contributed by atoms with van der Waals surface area (Å²) in [6.45, 7) is 0. The van der Waals surface area contributed by atoms with E-state index in [1.807, 2.05) is 12.1 Å². The Labute approximate surface area is 338 Å². The molecule has 0 spiro atoms. The third-order valence-corrected chi connectivity index (χ3v) is 12.3. The summed E-state index contributed by atoms with van der Waals surface area (Å²) in [7, 11) is 0. The lowest BCUT2D eigenvalue weighted by molar-refractivity contribution is 0.666. The molecule has 9 aromatic carbocycles. The lowest BCUT2D eigenvalue weighted by Gasteiger charge is -2.12. The number of hydrogen-bond donors (Lipinski definition) is 0. The molecule has 0 unspecified atom stereocenters. The molecule has 0 aliphatic carbocycles. The molecule has 0 amide bonds. The topological polar surface area (TPSA) is 35.9 Å². The van der Waals surface area contributed by atoms with Crippen LogP contribution in [0.1, 0.15) is 0 Å². The first-order chi connectivity index (χ1) is 29.3. The van der Waals surface area contributed by atoms with Gasteiger partial charge >= 0.3 is 0 Å². The van der Waals surface area contributed by atoms with Crippen molar-refractivity contribution in [3.63, 3.8) is 0 Å². The van der Waals surface area contributed by atoms with Gasteiger partial charge < -0.3 is 13.6 Å². The van der Waals surface area contributed by atoms with E-state index in [1.54, 1.807) is 0 Å². The molecule has 0 saturated heterocycles. The van der Waals surface area contributed by atoms with Crippen molar-refractivity contribution < 1.29 is 4.42 Å². The number of pyridine rings is 1. The number of nitrogens with zero attached hydrogens (tertiary/aromatic N) is 3. The fourth-order valence-corrected chi connectivity index (χ4v) is 9.59. The molecule has 0 saturated carbocycles. The van der Waals surface area contributed by atoms with Crippen LogP contribution in [-0.2, 0) is 0 Å². The third-order valence-electron chi connectivity index (χ3n) is 12.3. The summed E-state index contributed by atoms with van der Waals surface area (Å²) in [6, 6.07) is 72.1. The van der Waals surface area contributed by atoms with Crippen molar-refractivity contribution in [1.82, 2.24) is 14.1 Å². The number of aromatic nitrogens is 3. The molecule has 4 heterocycles. The van der Waals surface area contributed by atoms with Crippen molar-refractivity contribution in [2.24, 2.45) is 0 Å². The molecule has 0 radical (unpaired) electrons. The molecule has 274 valence electrons. The van der Waals surface area contributed by atoms with Crippen molar-refractivity contribution in [2.45, 2.75) is 0 Å². The smallest absolute Gasteiger partial charge is 0.178 e. The number of hydrogen-bond acceptors (Lipinski definition) is 2. The molecule has 0 bridgehead atoms. The van der Waals surface area contributed by atoms with E-state index in [1.165, 1.54) is 65.6 Å². The summed E-state index contributed by atoms with van der Waals surface area (Å²) in [5.74, 6) is 0. The summed E-state index contributed by atoms with van der Waals surface area (Å²) in [6.07, 6.45) is 0. The van der Waals surface area contributed by atoms with Crippen LogP contribution in [0, 0.1) is 0 Å². The van der Waals surface area contributed by atoms with Crippen LogP contribution in [0.3, 0.4) is 0 Å². The Morgan fingerprint density at radius 2 is 0.966 bits per heavy atom. The number of fused-ring (bicyclic) bond motifs is 12.